The van der Waals surface area contributed by atoms with Crippen LogP contribution < -0.4 is 10.6 Å². The van der Waals surface area contributed by atoms with Crippen molar-refractivity contribution in [3.63, 3.8) is 0 Å². The molecule has 4 rings (SSSR count). The summed E-state index contributed by atoms with van der Waals surface area (Å²) in [6.07, 6.45) is 3.60. The first-order valence-corrected chi connectivity index (χ1v) is 11.7. The van der Waals surface area contributed by atoms with Gasteiger partial charge in [-0.25, -0.2) is 0 Å². The van der Waals surface area contributed by atoms with Gasteiger partial charge in [-0.15, -0.1) is 11.8 Å². The molecule has 33 heavy (non-hydrogen) atoms. The van der Waals surface area contributed by atoms with E-state index < -0.39 is 6.04 Å². The SMILES string of the molecule is O=C(CSc1ccccc1)Nc1cnn(CC(=O)N2CCNC(=O)[C@@H]2Cc2ccccc2)c1. The number of nitrogens with one attached hydrogen (secondary N) is 2. The summed E-state index contributed by atoms with van der Waals surface area (Å²) in [7, 11) is 0. The van der Waals surface area contributed by atoms with E-state index >= 15 is 0 Å². The summed E-state index contributed by atoms with van der Waals surface area (Å²) in [6.45, 7) is 0.867. The van der Waals surface area contributed by atoms with Crippen LogP contribution in [0.4, 0.5) is 5.69 Å². The highest BCUT2D eigenvalue weighted by molar-refractivity contribution is 8.00. The molecule has 1 atom stereocenters. The van der Waals surface area contributed by atoms with Crippen LogP contribution in [0.15, 0.2) is 78.0 Å². The van der Waals surface area contributed by atoms with Crippen LogP contribution in [0.3, 0.4) is 0 Å². The third-order valence-electron chi connectivity index (χ3n) is 5.25. The largest absolute Gasteiger partial charge is 0.353 e. The Hall–Kier alpha value is -3.59. The predicted molar refractivity (Wildman–Crippen MR) is 127 cm³/mol. The fourth-order valence-electron chi connectivity index (χ4n) is 3.66. The van der Waals surface area contributed by atoms with Crippen molar-refractivity contribution in [1.82, 2.24) is 20.0 Å². The lowest BCUT2D eigenvalue weighted by Crippen LogP contribution is -2.58. The number of rotatable bonds is 8. The molecule has 3 aromatic rings. The molecule has 1 aromatic heterocycles. The van der Waals surface area contributed by atoms with Gasteiger partial charge >= 0.3 is 0 Å². The maximum absolute atomic E-state index is 13.0. The third kappa shape index (κ3) is 6.23. The quantitative estimate of drug-likeness (QED) is 0.499. The van der Waals surface area contributed by atoms with Gasteiger partial charge in [0.2, 0.25) is 17.7 Å². The van der Waals surface area contributed by atoms with Crippen LogP contribution in [0.1, 0.15) is 5.56 Å². The molecule has 0 radical (unpaired) electrons. The zero-order valence-corrected chi connectivity index (χ0v) is 18.8. The normalized spacial score (nSPS) is 15.7. The zero-order valence-electron chi connectivity index (χ0n) is 18.0. The highest BCUT2D eigenvalue weighted by Gasteiger charge is 2.33. The van der Waals surface area contributed by atoms with Crippen molar-refractivity contribution >= 4 is 35.2 Å². The number of hydrogen-bond acceptors (Lipinski definition) is 5. The summed E-state index contributed by atoms with van der Waals surface area (Å²) in [4.78, 5) is 40.3. The van der Waals surface area contributed by atoms with Crippen LogP contribution in [-0.4, -0.2) is 57.3 Å². The van der Waals surface area contributed by atoms with Crippen LogP contribution >= 0.6 is 11.8 Å². The topological polar surface area (TPSA) is 96.3 Å². The summed E-state index contributed by atoms with van der Waals surface area (Å²) < 4.78 is 1.48. The molecule has 1 aliphatic heterocycles. The van der Waals surface area contributed by atoms with Gasteiger partial charge in [0.1, 0.15) is 12.6 Å². The molecule has 1 aliphatic rings. The average Bonchev–Trinajstić information content (AvgIpc) is 3.26. The van der Waals surface area contributed by atoms with Crippen LogP contribution in [0, 0.1) is 0 Å². The molecule has 0 bridgehead atoms. The summed E-state index contributed by atoms with van der Waals surface area (Å²) >= 11 is 1.45. The van der Waals surface area contributed by atoms with Gasteiger partial charge in [0.15, 0.2) is 0 Å². The minimum atomic E-state index is -0.557. The van der Waals surface area contributed by atoms with Crippen molar-refractivity contribution in [3.05, 3.63) is 78.6 Å². The zero-order chi connectivity index (χ0) is 23.0. The van der Waals surface area contributed by atoms with E-state index in [4.69, 9.17) is 0 Å². The average molecular weight is 464 g/mol. The summed E-state index contributed by atoms with van der Waals surface area (Å²) in [5, 5.41) is 9.85. The molecular weight excluding hydrogens is 438 g/mol. The Morgan fingerprint density at radius 1 is 1.09 bits per heavy atom. The van der Waals surface area contributed by atoms with E-state index in [-0.39, 0.29) is 30.0 Å². The Morgan fingerprint density at radius 2 is 1.82 bits per heavy atom. The second-order valence-electron chi connectivity index (χ2n) is 7.66. The Labute approximate surface area is 196 Å². The lowest BCUT2D eigenvalue weighted by molar-refractivity contribution is -0.143. The molecule has 3 amide bonds. The van der Waals surface area contributed by atoms with Gasteiger partial charge in [-0.05, 0) is 17.7 Å². The number of amides is 3. The Balaban J connectivity index is 1.33. The molecule has 9 heteroatoms. The summed E-state index contributed by atoms with van der Waals surface area (Å²) in [6, 6.07) is 18.8. The molecule has 170 valence electrons. The van der Waals surface area contributed by atoms with Gasteiger partial charge in [-0.2, -0.15) is 5.10 Å². The number of anilines is 1. The smallest absolute Gasteiger partial charge is 0.245 e. The number of carbonyl (C=O) groups is 3. The first-order chi connectivity index (χ1) is 16.1. The molecule has 1 fully saturated rings. The van der Waals surface area contributed by atoms with E-state index in [0.717, 1.165) is 10.5 Å². The van der Waals surface area contributed by atoms with Gasteiger partial charge in [-0.3, -0.25) is 19.1 Å². The van der Waals surface area contributed by atoms with E-state index in [0.29, 0.717) is 25.2 Å². The molecule has 1 saturated heterocycles. The molecule has 2 heterocycles. The second-order valence-corrected chi connectivity index (χ2v) is 8.71. The van der Waals surface area contributed by atoms with Crippen LogP contribution in [0.2, 0.25) is 0 Å². The fraction of sp³-hybridized carbons (Fsp3) is 0.250. The molecule has 0 aliphatic carbocycles. The van der Waals surface area contributed by atoms with Gasteiger partial charge in [0.25, 0.3) is 0 Å². The minimum Gasteiger partial charge on any atom is -0.353 e. The van der Waals surface area contributed by atoms with Crippen molar-refractivity contribution < 1.29 is 14.4 Å². The van der Waals surface area contributed by atoms with Crippen molar-refractivity contribution in [1.29, 1.82) is 0 Å². The number of benzene rings is 2. The van der Waals surface area contributed by atoms with E-state index in [1.54, 1.807) is 11.1 Å². The van der Waals surface area contributed by atoms with E-state index in [2.05, 4.69) is 15.7 Å². The molecule has 2 aromatic carbocycles. The van der Waals surface area contributed by atoms with Crippen LogP contribution in [0.5, 0.6) is 0 Å². The Bertz CT molecular complexity index is 1100. The van der Waals surface area contributed by atoms with Crippen LogP contribution in [0.25, 0.3) is 0 Å². The van der Waals surface area contributed by atoms with Crippen molar-refractivity contribution in [2.45, 2.75) is 23.9 Å². The fourth-order valence-corrected chi connectivity index (χ4v) is 4.38. The number of piperazine rings is 1. The molecule has 0 unspecified atom stereocenters. The number of nitrogens with zero attached hydrogens (tertiary/aromatic N) is 3. The first-order valence-electron chi connectivity index (χ1n) is 10.7. The Morgan fingerprint density at radius 3 is 2.58 bits per heavy atom. The van der Waals surface area contributed by atoms with Gasteiger partial charge in [-0.1, -0.05) is 48.5 Å². The maximum Gasteiger partial charge on any atom is 0.245 e. The summed E-state index contributed by atoms with van der Waals surface area (Å²) in [5.74, 6) is -0.211. The molecule has 0 spiro atoms. The third-order valence-corrected chi connectivity index (χ3v) is 6.26. The second kappa shape index (κ2) is 10.8. The standard InChI is InChI=1S/C24H25N5O3S/c30-22(17-33-20-9-5-2-6-10-20)27-19-14-26-28(15-19)16-23(31)29-12-11-25-24(32)21(29)13-18-7-3-1-4-8-18/h1-10,14-15,21H,11-13,16-17H2,(H,25,32)(H,27,30)/t21-/m0/s1. The lowest BCUT2D eigenvalue weighted by atomic mass is 10.0. The first kappa shape index (κ1) is 22.6. The highest BCUT2D eigenvalue weighted by atomic mass is 32.2. The Kier molecular flexibility index (Phi) is 7.41. The minimum absolute atomic E-state index is 0.00674. The molecule has 2 N–H and O–H groups in total. The maximum atomic E-state index is 13.0. The van der Waals surface area contributed by atoms with Crippen molar-refractivity contribution in [2.24, 2.45) is 0 Å². The lowest BCUT2D eigenvalue weighted by Gasteiger charge is -2.35. The number of aromatic nitrogens is 2. The predicted octanol–water partition coefficient (Wildman–Crippen LogP) is 2.18. The summed E-state index contributed by atoms with van der Waals surface area (Å²) in [5.41, 5.74) is 1.52. The monoisotopic (exact) mass is 463 g/mol. The molecule has 0 saturated carbocycles. The number of thioether (sulfide) groups is 1. The molecule has 8 nitrogen and oxygen atoms in total. The highest BCUT2D eigenvalue weighted by Crippen LogP contribution is 2.18. The van der Waals surface area contributed by atoms with Gasteiger partial charge in [0, 0.05) is 30.6 Å². The van der Waals surface area contributed by atoms with E-state index in [1.807, 2.05) is 60.7 Å². The number of hydrogen-bond donors (Lipinski definition) is 2. The van der Waals surface area contributed by atoms with Gasteiger partial charge < -0.3 is 15.5 Å². The van der Waals surface area contributed by atoms with E-state index in [1.165, 1.54) is 22.6 Å². The number of carbonyl (C=O) groups excluding carboxylic acids is 3. The van der Waals surface area contributed by atoms with Crippen LogP contribution in [-0.2, 0) is 27.3 Å². The molecular formula is C24H25N5O3S. The van der Waals surface area contributed by atoms with Crippen molar-refractivity contribution in [3.8, 4) is 0 Å². The van der Waals surface area contributed by atoms with Gasteiger partial charge in [0.05, 0.1) is 17.6 Å². The van der Waals surface area contributed by atoms with E-state index in [9.17, 15) is 14.4 Å². The van der Waals surface area contributed by atoms with Crippen molar-refractivity contribution in [2.75, 3.05) is 24.2 Å².